The first kappa shape index (κ1) is 21.8. The first-order valence-electron chi connectivity index (χ1n) is 9.95. The molecular formula is C23H26ClN3O3. The maximum Gasteiger partial charge on any atom is 0.303 e. The van der Waals surface area contributed by atoms with Gasteiger partial charge in [-0.05, 0) is 81.0 Å². The van der Waals surface area contributed by atoms with Gasteiger partial charge in [-0.1, -0.05) is 17.7 Å². The first-order valence-corrected chi connectivity index (χ1v) is 10.3. The second-order valence-corrected chi connectivity index (χ2v) is 8.07. The van der Waals surface area contributed by atoms with Gasteiger partial charge in [-0.2, -0.15) is 5.10 Å². The molecule has 2 N–H and O–H groups in total. The fourth-order valence-electron chi connectivity index (χ4n) is 3.69. The van der Waals surface area contributed by atoms with Gasteiger partial charge in [0.15, 0.2) is 0 Å². The highest BCUT2D eigenvalue weighted by Crippen LogP contribution is 2.22. The average Bonchev–Trinajstić information content (AvgIpc) is 2.94. The van der Waals surface area contributed by atoms with Crippen LogP contribution in [0.4, 0.5) is 0 Å². The standard InChI is InChI=1S/C23H26ClN3O3/c1-14-12-18(24)6-9-20(14)23(30)25-19-7-4-17(5-8-19)13-27-16(3)21(15(2)26-27)10-11-22(28)29/h4,6-7,9,12H,5,8,10-11,13H2,1-3H3,(H,25,30)(H,28,29). The van der Waals surface area contributed by atoms with E-state index in [-0.39, 0.29) is 12.3 Å². The summed E-state index contributed by atoms with van der Waals surface area (Å²) in [4.78, 5) is 23.4. The molecule has 0 atom stereocenters. The van der Waals surface area contributed by atoms with Crippen molar-refractivity contribution in [1.29, 1.82) is 0 Å². The van der Waals surface area contributed by atoms with E-state index in [2.05, 4.69) is 10.4 Å². The Hall–Kier alpha value is -2.86. The summed E-state index contributed by atoms with van der Waals surface area (Å²) in [6.07, 6.45) is 6.14. The van der Waals surface area contributed by atoms with E-state index in [9.17, 15) is 9.59 Å². The highest BCUT2D eigenvalue weighted by atomic mass is 35.5. The Bertz CT molecular complexity index is 1050. The number of nitrogens with zero attached hydrogens (tertiary/aromatic N) is 2. The Morgan fingerprint density at radius 3 is 2.60 bits per heavy atom. The summed E-state index contributed by atoms with van der Waals surface area (Å²) in [5.74, 6) is -0.932. The first-order chi connectivity index (χ1) is 14.2. The van der Waals surface area contributed by atoms with Crippen LogP contribution in [0.5, 0.6) is 0 Å². The number of allylic oxidation sites excluding steroid dienone is 4. The predicted octanol–water partition coefficient (Wildman–Crippen LogP) is 4.51. The van der Waals surface area contributed by atoms with E-state index in [1.54, 1.807) is 18.2 Å². The normalized spacial score (nSPS) is 13.6. The molecule has 2 aromatic rings. The molecule has 1 aromatic heterocycles. The fraction of sp³-hybridized carbons (Fsp3) is 0.348. The van der Waals surface area contributed by atoms with Gasteiger partial charge < -0.3 is 10.4 Å². The Labute approximate surface area is 181 Å². The Morgan fingerprint density at radius 1 is 1.20 bits per heavy atom. The van der Waals surface area contributed by atoms with Crippen LogP contribution in [-0.2, 0) is 17.8 Å². The van der Waals surface area contributed by atoms with Crippen LogP contribution in [0.1, 0.15) is 52.1 Å². The Kier molecular flexibility index (Phi) is 6.77. The number of aryl methyl sites for hydroxylation is 2. The second-order valence-electron chi connectivity index (χ2n) is 7.63. The van der Waals surface area contributed by atoms with Gasteiger partial charge in [0.25, 0.3) is 5.91 Å². The van der Waals surface area contributed by atoms with E-state index < -0.39 is 5.97 Å². The van der Waals surface area contributed by atoms with Crippen molar-refractivity contribution in [3.8, 4) is 0 Å². The molecule has 0 bridgehead atoms. The molecule has 3 rings (SSSR count). The van der Waals surface area contributed by atoms with Crippen molar-refractivity contribution in [2.75, 3.05) is 0 Å². The van der Waals surface area contributed by atoms with E-state index in [4.69, 9.17) is 16.7 Å². The molecule has 6 nitrogen and oxygen atoms in total. The zero-order valence-electron chi connectivity index (χ0n) is 17.5. The minimum atomic E-state index is -0.801. The van der Waals surface area contributed by atoms with Gasteiger partial charge in [0.05, 0.1) is 12.2 Å². The van der Waals surface area contributed by atoms with Gasteiger partial charge >= 0.3 is 5.97 Å². The van der Waals surface area contributed by atoms with E-state index in [0.717, 1.165) is 41.1 Å². The predicted molar refractivity (Wildman–Crippen MR) is 117 cm³/mol. The van der Waals surface area contributed by atoms with Crippen LogP contribution in [0, 0.1) is 20.8 Å². The van der Waals surface area contributed by atoms with Crippen LogP contribution in [0.25, 0.3) is 0 Å². The lowest BCUT2D eigenvalue weighted by atomic mass is 10.0. The molecule has 0 radical (unpaired) electrons. The summed E-state index contributed by atoms with van der Waals surface area (Å²) >= 11 is 5.97. The highest BCUT2D eigenvalue weighted by molar-refractivity contribution is 6.30. The van der Waals surface area contributed by atoms with Gasteiger partial charge in [0.1, 0.15) is 0 Å². The van der Waals surface area contributed by atoms with Crippen LogP contribution in [0.2, 0.25) is 5.02 Å². The maximum absolute atomic E-state index is 12.5. The van der Waals surface area contributed by atoms with E-state index >= 15 is 0 Å². The molecule has 0 aliphatic heterocycles. The van der Waals surface area contributed by atoms with Crippen molar-refractivity contribution in [3.63, 3.8) is 0 Å². The number of carboxylic acid groups (broad SMARTS) is 1. The smallest absolute Gasteiger partial charge is 0.303 e. The average molecular weight is 428 g/mol. The van der Waals surface area contributed by atoms with Gasteiger partial charge in [0.2, 0.25) is 0 Å². The number of carboxylic acids is 1. The lowest BCUT2D eigenvalue weighted by Gasteiger charge is -2.17. The fourth-order valence-corrected chi connectivity index (χ4v) is 3.91. The zero-order valence-corrected chi connectivity index (χ0v) is 18.2. The Balaban J connectivity index is 1.66. The van der Waals surface area contributed by atoms with Crippen LogP contribution < -0.4 is 5.32 Å². The SMILES string of the molecule is Cc1cc(Cl)ccc1C(=O)NC1=CC=C(Cn2nc(C)c(CCC(=O)O)c2C)CC1. The van der Waals surface area contributed by atoms with Crippen molar-refractivity contribution >= 4 is 23.5 Å². The number of carbonyl (C=O) groups is 2. The molecule has 1 aliphatic rings. The van der Waals surface area contributed by atoms with E-state index in [1.807, 2.05) is 37.6 Å². The maximum atomic E-state index is 12.5. The summed E-state index contributed by atoms with van der Waals surface area (Å²) in [6.45, 7) is 6.43. The molecule has 7 heteroatoms. The third kappa shape index (κ3) is 5.19. The van der Waals surface area contributed by atoms with Crippen molar-refractivity contribution in [2.24, 2.45) is 0 Å². The number of hydrogen-bond donors (Lipinski definition) is 2. The zero-order chi connectivity index (χ0) is 21.8. The number of hydrogen-bond acceptors (Lipinski definition) is 3. The summed E-state index contributed by atoms with van der Waals surface area (Å²) in [7, 11) is 0. The van der Waals surface area contributed by atoms with Gasteiger partial charge in [-0.3, -0.25) is 14.3 Å². The monoisotopic (exact) mass is 427 g/mol. The Morgan fingerprint density at radius 2 is 1.97 bits per heavy atom. The number of benzene rings is 1. The van der Waals surface area contributed by atoms with Crippen molar-refractivity contribution < 1.29 is 14.7 Å². The molecule has 0 unspecified atom stereocenters. The number of halogens is 1. The largest absolute Gasteiger partial charge is 0.481 e. The molecule has 0 spiro atoms. The minimum Gasteiger partial charge on any atom is -0.481 e. The van der Waals surface area contributed by atoms with Crippen molar-refractivity contribution in [3.05, 3.63) is 74.7 Å². The van der Waals surface area contributed by atoms with Crippen LogP contribution in [0.15, 0.2) is 41.6 Å². The van der Waals surface area contributed by atoms with Crippen LogP contribution in [0.3, 0.4) is 0 Å². The van der Waals surface area contributed by atoms with Crippen molar-refractivity contribution in [1.82, 2.24) is 15.1 Å². The molecule has 0 saturated carbocycles. The number of rotatable bonds is 7. The number of aromatic nitrogens is 2. The third-order valence-electron chi connectivity index (χ3n) is 5.42. The highest BCUT2D eigenvalue weighted by Gasteiger charge is 2.16. The molecule has 1 heterocycles. The minimum absolute atomic E-state index is 0.106. The topological polar surface area (TPSA) is 84.2 Å². The van der Waals surface area contributed by atoms with E-state index in [1.165, 1.54) is 5.57 Å². The molecule has 158 valence electrons. The second kappa shape index (κ2) is 9.30. The summed E-state index contributed by atoms with van der Waals surface area (Å²) in [5, 5.41) is 17.1. The third-order valence-corrected chi connectivity index (χ3v) is 5.65. The van der Waals surface area contributed by atoms with Gasteiger partial charge in [-0.25, -0.2) is 0 Å². The lowest BCUT2D eigenvalue weighted by molar-refractivity contribution is -0.136. The summed E-state index contributed by atoms with van der Waals surface area (Å²) in [6, 6.07) is 5.24. The number of carbonyl (C=O) groups excluding carboxylic acids is 1. The summed E-state index contributed by atoms with van der Waals surface area (Å²) in [5.41, 5.74) is 6.46. The molecule has 0 fully saturated rings. The van der Waals surface area contributed by atoms with Gasteiger partial charge in [0, 0.05) is 28.4 Å². The van der Waals surface area contributed by atoms with E-state index in [0.29, 0.717) is 23.6 Å². The number of nitrogens with one attached hydrogen (secondary N) is 1. The molecule has 30 heavy (non-hydrogen) atoms. The van der Waals surface area contributed by atoms with Crippen LogP contribution >= 0.6 is 11.6 Å². The summed E-state index contributed by atoms with van der Waals surface area (Å²) < 4.78 is 1.94. The molecule has 1 aromatic carbocycles. The molecule has 1 amide bonds. The molecule has 0 saturated heterocycles. The quantitative estimate of drug-likeness (QED) is 0.680. The molecular weight excluding hydrogens is 402 g/mol. The lowest BCUT2D eigenvalue weighted by Crippen LogP contribution is -2.24. The number of aliphatic carboxylic acids is 1. The van der Waals surface area contributed by atoms with Crippen LogP contribution in [-0.4, -0.2) is 26.8 Å². The van der Waals surface area contributed by atoms with Crippen molar-refractivity contribution in [2.45, 2.75) is 53.0 Å². The van der Waals surface area contributed by atoms with Gasteiger partial charge in [-0.15, -0.1) is 0 Å². The molecule has 1 aliphatic carbocycles. The number of amides is 1.